The first-order chi connectivity index (χ1) is 13.6. The molecule has 1 aromatic heterocycles. The first kappa shape index (κ1) is 18.9. The Bertz CT molecular complexity index is 893. The van der Waals surface area contributed by atoms with Crippen molar-refractivity contribution in [1.29, 1.82) is 0 Å². The lowest BCUT2D eigenvalue weighted by Crippen LogP contribution is -2.44. The maximum atomic E-state index is 13.1. The highest BCUT2D eigenvalue weighted by molar-refractivity contribution is 6.05. The minimum Gasteiger partial charge on any atom is -0.452 e. The van der Waals surface area contributed by atoms with Gasteiger partial charge in [-0.25, -0.2) is 4.79 Å². The summed E-state index contributed by atoms with van der Waals surface area (Å²) < 4.78 is 5.55. The Morgan fingerprint density at radius 3 is 2.79 bits per heavy atom. The van der Waals surface area contributed by atoms with E-state index in [1.807, 2.05) is 29.2 Å². The number of pyridine rings is 1. The highest BCUT2D eigenvalue weighted by atomic mass is 16.5. The molecule has 5 heteroatoms. The van der Waals surface area contributed by atoms with Gasteiger partial charge in [0.15, 0.2) is 6.61 Å². The van der Waals surface area contributed by atoms with Crippen molar-refractivity contribution in [2.75, 3.05) is 13.2 Å². The van der Waals surface area contributed by atoms with Crippen LogP contribution < -0.4 is 0 Å². The molecule has 0 bridgehead atoms. The first-order valence-corrected chi connectivity index (χ1v) is 10.5. The van der Waals surface area contributed by atoms with Crippen molar-refractivity contribution >= 4 is 22.8 Å². The lowest BCUT2D eigenvalue weighted by atomic mass is 9.97. The van der Waals surface area contributed by atoms with Crippen molar-refractivity contribution in [3.05, 3.63) is 41.1 Å². The molecule has 0 spiro atoms. The minimum atomic E-state index is -0.394. The number of ether oxygens (including phenoxy) is 1. The smallest absolute Gasteiger partial charge is 0.339 e. The number of benzene rings is 1. The Balaban J connectivity index is 1.60. The van der Waals surface area contributed by atoms with Crippen molar-refractivity contribution in [2.45, 2.75) is 64.3 Å². The molecule has 1 saturated heterocycles. The highest BCUT2D eigenvalue weighted by Gasteiger charge is 2.26. The topological polar surface area (TPSA) is 59.5 Å². The number of aryl methyl sites for hydroxylation is 1. The summed E-state index contributed by atoms with van der Waals surface area (Å²) in [7, 11) is 0. The van der Waals surface area contributed by atoms with Crippen LogP contribution in [0.4, 0.5) is 0 Å². The number of carbonyl (C=O) groups excluding carboxylic acids is 2. The fourth-order valence-electron chi connectivity index (χ4n) is 4.53. The van der Waals surface area contributed by atoms with Crippen molar-refractivity contribution < 1.29 is 14.3 Å². The van der Waals surface area contributed by atoms with E-state index < -0.39 is 5.97 Å². The normalized spacial score (nSPS) is 19.8. The summed E-state index contributed by atoms with van der Waals surface area (Å²) in [6.45, 7) is 2.63. The first-order valence-electron chi connectivity index (χ1n) is 10.5. The molecule has 1 fully saturated rings. The number of hydrogen-bond acceptors (Lipinski definition) is 4. The Hall–Kier alpha value is -2.43. The van der Waals surface area contributed by atoms with E-state index in [9.17, 15) is 9.59 Å². The van der Waals surface area contributed by atoms with Gasteiger partial charge in [-0.05, 0) is 63.5 Å². The number of aromatic nitrogens is 1. The van der Waals surface area contributed by atoms with Crippen LogP contribution in [0.5, 0.6) is 0 Å². The van der Waals surface area contributed by atoms with Crippen LogP contribution in [-0.2, 0) is 22.4 Å². The second kappa shape index (κ2) is 8.29. The van der Waals surface area contributed by atoms with Crippen LogP contribution in [0.25, 0.3) is 10.9 Å². The molecule has 1 unspecified atom stereocenters. The van der Waals surface area contributed by atoms with Crippen LogP contribution in [0.2, 0.25) is 0 Å². The van der Waals surface area contributed by atoms with Gasteiger partial charge in [0.05, 0.1) is 11.1 Å². The summed E-state index contributed by atoms with van der Waals surface area (Å²) in [6.07, 6.45) is 8.22. The highest BCUT2D eigenvalue weighted by Crippen LogP contribution is 2.29. The summed E-state index contributed by atoms with van der Waals surface area (Å²) in [4.78, 5) is 32.3. The van der Waals surface area contributed by atoms with Crippen LogP contribution in [-0.4, -0.2) is 41.0 Å². The van der Waals surface area contributed by atoms with Crippen molar-refractivity contribution in [3.8, 4) is 0 Å². The zero-order valence-corrected chi connectivity index (χ0v) is 16.6. The number of fused-ring (bicyclic) bond motifs is 2. The average molecular weight is 380 g/mol. The largest absolute Gasteiger partial charge is 0.452 e. The second-order valence-corrected chi connectivity index (χ2v) is 8.00. The number of piperidine rings is 1. The van der Waals surface area contributed by atoms with E-state index in [0.29, 0.717) is 5.56 Å². The average Bonchev–Trinajstić information content (AvgIpc) is 2.95. The minimum absolute atomic E-state index is 0.0926. The number of para-hydroxylation sites is 1. The van der Waals surface area contributed by atoms with E-state index in [4.69, 9.17) is 9.72 Å². The van der Waals surface area contributed by atoms with Gasteiger partial charge in [-0.15, -0.1) is 0 Å². The van der Waals surface area contributed by atoms with Gasteiger partial charge in [-0.1, -0.05) is 24.6 Å². The molecule has 1 aliphatic heterocycles. The number of amides is 1. The molecule has 1 amide bonds. The molecule has 2 heterocycles. The lowest BCUT2D eigenvalue weighted by molar-refractivity contribution is -0.137. The maximum Gasteiger partial charge on any atom is 0.339 e. The lowest BCUT2D eigenvalue weighted by Gasteiger charge is -2.33. The maximum absolute atomic E-state index is 13.1. The molecule has 2 aromatic rings. The molecule has 28 heavy (non-hydrogen) atoms. The van der Waals surface area contributed by atoms with Crippen molar-refractivity contribution in [3.63, 3.8) is 0 Å². The molecule has 5 nitrogen and oxygen atoms in total. The van der Waals surface area contributed by atoms with Gasteiger partial charge in [0.25, 0.3) is 5.91 Å². The van der Waals surface area contributed by atoms with Crippen LogP contribution in [0.3, 0.4) is 0 Å². The summed E-state index contributed by atoms with van der Waals surface area (Å²) in [5.41, 5.74) is 3.46. The van der Waals surface area contributed by atoms with Crippen molar-refractivity contribution in [1.82, 2.24) is 9.88 Å². The molecule has 0 saturated carbocycles. The Morgan fingerprint density at radius 2 is 1.93 bits per heavy atom. The molecule has 0 radical (unpaired) electrons. The number of carbonyl (C=O) groups is 2. The second-order valence-electron chi connectivity index (χ2n) is 8.00. The fourth-order valence-corrected chi connectivity index (χ4v) is 4.53. The van der Waals surface area contributed by atoms with E-state index in [-0.39, 0.29) is 18.6 Å². The standard InChI is InChI=1S/C23H28N2O3/c1-16-9-7-8-14-25(16)21(26)15-28-23(27)22-17-10-3-2-4-12-19(17)24-20-13-6-5-11-18(20)22/h5-6,11,13,16H,2-4,7-10,12,14-15H2,1H3. The van der Waals surface area contributed by atoms with Crippen LogP contribution in [0.15, 0.2) is 24.3 Å². The van der Waals surface area contributed by atoms with Gasteiger partial charge in [0.1, 0.15) is 0 Å². The van der Waals surface area contributed by atoms with E-state index >= 15 is 0 Å². The van der Waals surface area contributed by atoms with Gasteiger partial charge in [0.2, 0.25) is 0 Å². The molecular weight excluding hydrogens is 352 g/mol. The van der Waals surface area contributed by atoms with Gasteiger partial charge >= 0.3 is 5.97 Å². The Morgan fingerprint density at radius 1 is 1.11 bits per heavy atom. The Kier molecular flexibility index (Phi) is 5.60. The third-order valence-electron chi connectivity index (χ3n) is 6.07. The molecule has 2 aliphatic rings. The monoisotopic (exact) mass is 380 g/mol. The third kappa shape index (κ3) is 3.75. The summed E-state index contributed by atoms with van der Waals surface area (Å²) >= 11 is 0. The van der Waals surface area contributed by atoms with Gasteiger partial charge in [0, 0.05) is 23.7 Å². The summed E-state index contributed by atoms with van der Waals surface area (Å²) in [6, 6.07) is 7.95. The number of nitrogens with zero attached hydrogens (tertiary/aromatic N) is 2. The van der Waals surface area contributed by atoms with E-state index in [0.717, 1.165) is 80.1 Å². The molecule has 1 atom stereocenters. The number of rotatable bonds is 3. The number of esters is 1. The fraction of sp³-hybridized carbons (Fsp3) is 0.522. The third-order valence-corrected chi connectivity index (χ3v) is 6.07. The molecule has 4 rings (SSSR count). The zero-order valence-electron chi connectivity index (χ0n) is 16.6. The van der Waals surface area contributed by atoms with E-state index in [1.54, 1.807) is 0 Å². The molecule has 1 aliphatic carbocycles. The van der Waals surface area contributed by atoms with Crippen molar-refractivity contribution in [2.24, 2.45) is 0 Å². The number of hydrogen-bond donors (Lipinski definition) is 0. The molecule has 148 valence electrons. The quantitative estimate of drug-likeness (QED) is 0.595. The predicted molar refractivity (Wildman–Crippen MR) is 108 cm³/mol. The van der Waals surface area contributed by atoms with Gasteiger partial charge in [-0.3, -0.25) is 9.78 Å². The van der Waals surface area contributed by atoms with E-state index in [2.05, 4.69) is 6.92 Å². The molecule has 0 N–H and O–H groups in total. The van der Waals surface area contributed by atoms with Crippen LogP contribution >= 0.6 is 0 Å². The molecule has 1 aromatic carbocycles. The summed E-state index contributed by atoms with van der Waals surface area (Å²) in [5.74, 6) is -0.486. The zero-order chi connectivity index (χ0) is 19.5. The van der Waals surface area contributed by atoms with E-state index in [1.165, 1.54) is 0 Å². The Labute approximate surface area is 166 Å². The van der Waals surface area contributed by atoms with Gasteiger partial charge < -0.3 is 9.64 Å². The predicted octanol–water partition coefficient (Wildman–Crippen LogP) is 4.06. The number of likely N-dealkylation sites (tertiary alicyclic amines) is 1. The summed E-state index contributed by atoms with van der Waals surface area (Å²) in [5, 5.41) is 0.826. The van der Waals surface area contributed by atoms with Crippen LogP contribution in [0.1, 0.15) is 67.1 Å². The van der Waals surface area contributed by atoms with Gasteiger partial charge in [-0.2, -0.15) is 0 Å². The van der Waals surface area contributed by atoms with Crippen LogP contribution in [0, 0.1) is 0 Å². The SMILES string of the molecule is CC1CCCCN1C(=O)COC(=O)c1c2c(nc3ccccc13)CCCCC2. The molecular formula is C23H28N2O3.